The summed E-state index contributed by atoms with van der Waals surface area (Å²) in [5.41, 5.74) is 1.82. The molecule has 1 aromatic heterocycles. The third-order valence-corrected chi connectivity index (χ3v) is 3.05. The first-order chi connectivity index (χ1) is 9.66. The molecule has 0 unspecified atom stereocenters. The number of carbonyl (C=O) groups is 1. The van der Waals surface area contributed by atoms with Crippen molar-refractivity contribution >= 4 is 17.6 Å². The summed E-state index contributed by atoms with van der Waals surface area (Å²) in [4.78, 5) is 14.9. The molecule has 1 aromatic carbocycles. The van der Waals surface area contributed by atoms with Gasteiger partial charge in [-0.2, -0.15) is 0 Å². The summed E-state index contributed by atoms with van der Waals surface area (Å²) in [6.07, 6.45) is 3.02. The van der Waals surface area contributed by atoms with Crippen LogP contribution >= 0.6 is 11.6 Å². The Hall–Kier alpha value is -2.31. The summed E-state index contributed by atoms with van der Waals surface area (Å²) in [5.74, 6) is 5.01. The summed E-state index contributed by atoms with van der Waals surface area (Å²) in [7, 11) is 0. The van der Waals surface area contributed by atoms with Gasteiger partial charge < -0.3 is 5.11 Å². The zero-order chi connectivity index (χ0) is 14.4. The number of aryl methyl sites for hydroxylation is 1. The van der Waals surface area contributed by atoms with Crippen molar-refractivity contribution in [3.8, 4) is 11.8 Å². The fourth-order valence-corrected chi connectivity index (χ4v) is 1.95. The van der Waals surface area contributed by atoms with Crippen LogP contribution in [0.4, 0.5) is 0 Å². The number of carboxylic acid groups (broad SMARTS) is 1. The Bertz CT molecular complexity index is 672. The number of carboxylic acids is 1. The van der Waals surface area contributed by atoms with E-state index in [1.54, 1.807) is 18.3 Å². The highest BCUT2D eigenvalue weighted by molar-refractivity contribution is 6.31. The number of pyridine rings is 1. The number of hydrogen-bond donors (Lipinski definition) is 1. The summed E-state index contributed by atoms with van der Waals surface area (Å²) >= 11 is 6.05. The average Bonchev–Trinajstić information content (AvgIpc) is 2.46. The minimum absolute atomic E-state index is 0.193. The molecule has 3 nitrogen and oxygen atoms in total. The van der Waals surface area contributed by atoms with Crippen LogP contribution in [0, 0.1) is 11.8 Å². The third kappa shape index (κ3) is 3.84. The van der Waals surface area contributed by atoms with Crippen LogP contribution in [-0.2, 0) is 6.42 Å². The molecular formula is C16H12ClNO2. The molecule has 1 N–H and O–H groups in total. The van der Waals surface area contributed by atoms with E-state index in [1.165, 1.54) is 6.07 Å². The first-order valence-electron chi connectivity index (χ1n) is 6.08. The normalized spacial score (nSPS) is 9.65. The highest BCUT2D eigenvalue weighted by Gasteiger charge is 2.06. The van der Waals surface area contributed by atoms with E-state index in [1.807, 2.05) is 18.2 Å². The van der Waals surface area contributed by atoms with Crippen molar-refractivity contribution in [2.24, 2.45) is 0 Å². The van der Waals surface area contributed by atoms with Crippen molar-refractivity contribution in [1.29, 1.82) is 0 Å². The molecule has 2 rings (SSSR count). The predicted octanol–water partition coefficient (Wildman–Crippen LogP) is 3.42. The highest BCUT2D eigenvalue weighted by Crippen LogP contribution is 2.19. The molecule has 0 bridgehead atoms. The zero-order valence-electron chi connectivity index (χ0n) is 10.6. The van der Waals surface area contributed by atoms with Gasteiger partial charge in [-0.05, 0) is 42.2 Å². The minimum Gasteiger partial charge on any atom is -0.478 e. The van der Waals surface area contributed by atoms with Gasteiger partial charge in [0, 0.05) is 17.6 Å². The fourth-order valence-electron chi connectivity index (χ4n) is 1.67. The standard InChI is InChI=1S/C16H12ClNO2/c17-15-11-13(16(19)20)9-8-12(15)5-1-2-6-14-7-3-4-10-18-14/h3-4,7-11H,1,5H2,(H,19,20). The van der Waals surface area contributed by atoms with E-state index in [9.17, 15) is 4.79 Å². The van der Waals surface area contributed by atoms with Crippen LogP contribution in [-0.4, -0.2) is 16.1 Å². The van der Waals surface area contributed by atoms with Crippen molar-refractivity contribution in [2.75, 3.05) is 0 Å². The Morgan fingerprint density at radius 1 is 1.30 bits per heavy atom. The number of hydrogen-bond acceptors (Lipinski definition) is 2. The van der Waals surface area contributed by atoms with E-state index in [-0.39, 0.29) is 5.56 Å². The molecule has 0 amide bonds. The van der Waals surface area contributed by atoms with Crippen LogP contribution in [0.3, 0.4) is 0 Å². The lowest BCUT2D eigenvalue weighted by atomic mass is 10.1. The fraction of sp³-hybridized carbons (Fsp3) is 0.125. The van der Waals surface area contributed by atoms with Crippen LogP contribution in [0.2, 0.25) is 5.02 Å². The number of aromatic carboxylic acids is 1. The number of halogens is 1. The molecule has 0 radical (unpaired) electrons. The van der Waals surface area contributed by atoms with Gasteiger partial charge in [0.05, 0.1) is 5.56 Å². The molecule has 0 aliphatic heterocycles. The Balaban J connectivity index is 1.98. The third-order valence-electron chi connectivity index (χ3n) is 2.70. The molecule has 1 heterocycles. The van der Waals surface area contributed by atoms with Crippen molar-refractivity contribution < 1.29 is 9.90 Å². The van der Waals surface area contributed by atoms with Gasteiger partial charge in [0.15, 0.2) is 0 Å². The number of nitrogens with zero attached hydrogens (tertiary/aromatic N) is 1. The van der Waals surface area contributed by atoms with Gasteiger partial charge in [-0.15, -0.1) is 0 Å². The Kier molecular flexibility index (Phi) is 4.75. The smallest absolute Gasteiger partial charge is 0.335 e. The van der Waals surface area contributed by atoms with Crippen LogP contribution in [0.1, 0.15) is 28.0 Å². The predicted molar refractivity (Wildman–Crippen MR) is 77.8 cm³/mol. The van der Waals surface area contributed by atoms with Gasteiger partial charge in [-0.25, -0.2) is 9.78 Å². The van der Waals surface area contributed by atoms with Crippen molar-refractivity contribution in [3.63, 3.8) is 0 Å². The van der Waals surface area contributed by atoms with E-state index >= 15 is 0 Å². The first-order valence-corrected chi connectivity index (χ1v) is 6.46. The zero-order valence-corrected chi connectivity index (χ0v) is 11.4. The quantitative estimate of drug-likeness (QED) is 0.879. The lowest BCUT2D eigenvalue weighted by molar-refractivity contribution is 0.0697. The average molecular weight is 286 g/mol. The van der Waals surface area contributed by atoms with Crippen LogP contribution < -0.4 is 0 Å². The summed E-state index contributed by atoms with van der Waals surface area (Å²) < 4.78 is 0. The first kappa shape index (κ1) is 14.1. The molecule has 100 valence electrons. The van der Waals surface area contributed by atoms with E-state index < -0.39 is 5.97 Å². The van der Waals surface area contributed by atoms with Crippen LogP contribution in [0.15, 0.2) is 42.6 Å². The summed E-state index contributed by atoms with van der Waals surface area (Å²) in [6, 6.07) is 10.3. The molecule has 0 aliphatic carbocycles. The van der Waals surface area contributed by atoms with Crippen molar-refractivity contribution in [2.45, 2.75) is 12.8 Å². The molecule has 0 fully saturated rings. The van der Waals surface area contributed by atoms with Gasteiger partial charge in [0.1, 0.15) is 5.69 Å². The molecule has 4 heteroatoms. The topological polar surface area (TPSA) is 50.2 Å². The molecule has 20 heavy (non-hydrogen) atoms. The van der Waals surface area contributed by atoms with E-state index in [0.717, 1.165) is 11.3 Å². The SMILES string of the molecule is O=C(O)c1ccc(CCC#Cc2ccccn2)c(Cl)c1. The molecule has 0 spiro atoms. The second-order valence-electron chi connectivity index (χ2n) is 4.13. The maximum Gasteiger partial charge on any atom is 0.335 e. The van der Waals surface area contributed by atoms with Crippen molar-refractivity contribution in [1.82, 2.24) is 4.98 Å². The second-order valence-corrected chi connectivity index (χ2v) is 4.54. The number of rotatable bonds is 3. The lowest BCUT2D eigenvalue weighted by Crippen LogP contribution is -1.97. The Labute approximate surface area is 122 Å². The van der Waals surface area contributed by atoms with Crippen LogP contribution in [0.25, 0.3) is 0 Å². The molecule has 2 aromatic rings. The molecule has 0 atom stereocenters. The van der Waals surface area contributed by atoms with Gasteiger partial charge >= 0.3 is 5.97 Å². The highest BCUT2D eigenvalue weighted by atomic mass is 35.5. The molecule has 0 aliphatic rings. The van der Waals surface area contributed by atoms with Gasteiger partial charge in [0.2, 0.25) is 0 Å². The lowest BCUT2D eigenvalue weighted by Gasteiger charge is -2.02. The van der Waals surface area contributed by atoms with Crippen molar-refractivity contribution in [3.05, 3.63) is 64.4 Å². The maximum absolute atomic E-state index is 10.8. The Morgan fingerprint density at radius 3 is 2.80 bits per heavy atom. The van der Waals surface area contributed by atoms with E-state index in [0.29, 0.717) is 17.9 Å². The summed E-state index contributed by atoms with van der Waals surface area (Å²) in [6.45, 7) is 0. The van der Waals surface area contributed by atoms with Gasteiger partial charge in [0.25, 0.3) is 0 Å². The molecule has 0 saturated heterocycles. The summed E-state index contributed by atoms with van der Waals surface area (Å²) in [5, 5.41) is 9.31. The van der Waals surface area contributed by atoms with E-state index in [2.05, 4.69) is 16.8 Å². The van der Waals surface area contributed by atoms with E-state index in [4.69, 9.17) is 16.7 Å². The minimum atomic E-state index is -0.978. The largest absolute Gasteiger partial charge is 0.478 e. The van der Waals surface area contributed by atoms with Gasteiger partial charge in [-0.3, -0.25) is 0 Å². The maximum atomic E-state index is 10.8. The van der Waals surface area contributed by atoms with Gasteiger partial charge in [-0.1, -0.05) is 29.7 Å². The Morgan fingerprint density at radius 2 is 2.15 bits per heavy atom. The molecular weight excluding hydrogens is 274 g/mol. The number of benzene rings is 1. The molecule has 0 saturated carbocycles. The second kappa shape index (κ2) is 6.74. The van der Waals surface area contributed by atoms with Crippen LogP contribution in [0.5, 0.6) is 0 Å². The monoisotopic (exact) mass is 285 g/mol. The number of aromatic nitrogens is 1.